The first-order valence-corrected chi connectivity index (χ1v) is 7.52. The van der Waals surface area contributed by atoms with E-state index in [4.69, 9.17) is 16.3 Å². The molecule has 1 N–H and O–H groups in total. The van der Waals surface area contributed by atoms with Crippen molar-refractivity contribution in [1.82, 2.24) is 5.32 Å². The van der Waals surface area contributed by atoms with Gasteiger partial charge in [-0.3, -0.25) is 0 Å². The lowest BCUT2D eigenvalue weighted by atomic mass is 10.0. The van der Waals surface area contributed by atoms with Crippen molar-refractivity contribution in [3.63, 3.8) is 0 Å². The monoisotopic (exact) mass is 302 g/mol. The van der Waals surface area contributed by atoms with Crippen LogP contribution in [0.25, 0.3) is 0 Å². The van der Waals surface area contributed by atoms with Crippen LogP contribution in [0.1, 0.15) is 11.6 Å². The molecule has 1 atom stereocenters. The molecule has 3 nitrogen and oxygen atoms in total. The lowest BCUT2D eigenvalue weighted by Crippen LogP contribution is -2.46. The minimum absolute atomic E-state index is 0.321. The van der Waals surface area contributed by atoms with Crippen molar-refractivity contribution >= 4 is 17.3 Å². The fourth-order valence-electron chi connectivity index (χ4n) is 2.74. The first kappa shape index (κ1) is 14.2. The van der Waals surface area contributed by atoms with Gasteiger partial charge in [0.15, 0.2) is 0 Å². The zero-order valence-corrected chi connectivity index (χ0v) is 12.8. The Kier molecular flexibility index (Phi) is 4.32. The van der Waals surface area contributed by atoms with E-state index in [1.165, 1.54) is 5.56 Å². The van der Waals surface area contributed by atoms with Crippen LogP contribution in [0.5, 0.6) is 5.75 Å². The van der Waals surface area contributed by atoms with Crippen LogP contribution in [0.2, 0.25) is 5.02 Å². The van der Waals surface area contributed by atoms with Gasteiger partial charge in [-0.25, -0.2) is 0 Å². The SMILES string of the molecule is COc1ccc(Cl)c(N2CCNC(c3ccccc3)C2)c1. The molecule has 2 aromatic carbocycles. The number of nitrogens with zero attached hydrogens (tertiary/aromatic N) is 1. The molecule has 1 aliphatic heterocycles. The zero-order chi connectivity index (χ0) is 14.7. The number of hydrogen-bond donors (Lipinski definition) is 1. The van der Waals surface area contributed by atoms with E-state index >= 15 is 0 Å². The normalized spacial score (nSPS) is 18.6. The second-order valence-corrected chi connectivity index (χ2v) is 5.59. The third-order valence-corrected chi connectivity index (χ3v) is 4.19. The van der Waals surface area contributed by atoms with Gasteiger partial charge in [0.1, 0.15) is 5.75 Å². The Morgan fingerprint density at radius 2 is 2.00 bits per heavy atom. The molecule has 1 fully saturated rings. The number of anilines is 1. The standard InChI is InChI=1S/C17H19ClN2O/c1-21-14-7-8-15(18)17(11-14)20-10-9-19-16(12-20)13-5-3-2-4-6-13/h2-8,11,16,19H,9-10,12H2,1H3. The van der Waals surface area contributed by atoms with Gasteiger partial charge in [-0.05, 0) is 17.7 Å². The smallest absolute Gasteiger partial charge is 0.121 e. The Morgan fingerprint density at radius 1 is 1.19 bits per heavy atom. The van der Waals surface area contributed by atoms with Crippen LogP contribution < -0.4 is 15.0 Å². The number of nitrogens with one attached hydrogen (secondary N) is 1. The van der Waals surface area contributed by atoms with Gasteiger partial charge in [-0.15, -0.1) is 0 Å². The van der Waals surface area contributed by atoms with Crippen molar-refractivity contribution in [3.8, 4) is 5.75 Å². The lowest BCUT2D eigenvalue weighted by Gasteiger charge is -2.36. The average Bonchev–Trinajstić information content (AvgIpc) is 2.56. The Balaban J connectivity index is 1.83. The molecule has 2 aromatic rings. The summed E-state index contributed by atoms with van der Waals surface area (Å²) in [5.74, 6) is 0.837. The van der Waals surface area contributed by atoms with E-state index in [2.05, 4.69) is 34.5 Å². The first-order chi connectivity index (χ1) is 10.3. The molecule has 21 heavy (non-hydrogen) atoms. The lowest BCUT2D eigenvalue weighted by molar-refractivity contribution is 0.414. The number of ether oxygens (including phenoxy) is 1. The highest BCUT2D eigenvalue weighted by Crippen LogP contribution is 2.32. The van der Waals surface area contributed by atoms with E-state index in [9.17, 15) is 0 Å². The van der Waals surface area contributed by atoms with Crippen molar-refractivity contribution in [2.24, 2.45) is 0 Å². The predicted octanol–water partition coefficient (Wildman–Crippen LogP) is 3.50. The second-order valence-electron chi connectivity index (χ2n) is 5.18. The average molecular weight is 303 g/mol. The highest BCUT2D eigenvalue weighted by atomic mass is 35.5. The quantitative estimate of drug-likeness (QED) is 0.939. The number of rotatable bonds is 3. The summed E-state index contributed by atoms with van der Waals surface area (Å²) >= 11 is 6.36. The highest BCUT2D eigenvalue weighted by molar-refractivity contribution is 6.33. The maximum Gasteiger partial charge on any atom is 0.121 e. The van der Waals surface area contributed by atoms with E-state index in [0.29, 0.717) is 6.04 Å². The van der Waals surface area contributed by atoms with E-state index in [-0.39, 0.29) is 0 Å². The number of benzene rings is 2. The predicted molar refractivity (Wildman–Crippen MR) is 87.4 cm³/mol. The van der Waals surface area contributed by atoms with Crippen LogP contribution in [0.3, 0.4) is 0 Å². The second kappa shape index (κ2) is 6.37. The summed E-state index contributed by atoms with van der Waals surface area (Å²) in [7, 11) is 1.68. The molecular formula is C17H19ClN2O. The summed E-state index contributed by atoms with van der Waals surface area (Å²) in [6.07, 6.45) is 0. The molecular weight excluding hydrogens is 284 g/mol. The molecule has 0 bridgehead atoms. The first-order valence-electron chi connectivity index (χ1n) is 7.15. The van der Waals surface area contributed by atoms with Crippen LogP contribution >= 0.6 is 11.6 Å². The van der Waals surface area contributed by atoms with Crippen molar-refractivity contribution < 1.29 is 4.74 Å². The third kappa shape index (κ3) is 3.14. The van der Waals surface area contributed by atoms with Crippen molar-refractivity contribution in [3.05, 3.63) is 59.1 Å². The minimum atomic E-state index is 0.321. The molecule has 110 valence electrons. The van der Waals surface area contributed by atoms with Crippen LogP contribution in [0.15, 0.2) is 48.5 Å². The summed E-state index contributed by atoms with van der Waals surface area (Å²) in [6.45, 7) is 2.78. The van der Waals surface area contributed by atoms with E-state index < -0.39 is 0 Å². The highest BCUT2D eigenvalue weighted by Gasteiger charge is 2.22. The molecule has 1 unspecified atom stereocenters. The molecule has 0 aromatic heterocycles. The molecule has 3 rings (SSSR count). The van der Waals surface area contributed by atoms with Crippen LogP contribution in [0.4, 0.5) is 5.69 Å². The summed E-state index contributed by atoms with van der Waals surface area (Å²) in [6, 6.07) is 16.6. The molecule has 0 amide bonds. The van der Waals surface area contributed by atoms with Gasteiger partial charge in [0.25, 0.3) is 0 Å². The summed E-state index contributed by atoms with van der Waals surface area (Å²) in [5.41, 5.74) is 2.35. The van der Waals surface area contributed by atoms with Gasteiger partial charge in [0, 0.05) is 31.7 Å². The summed E-state index contributed by atoms with van der Waals surface area (Å²) in [5, 5.41) is 4.34. The largest absolute Gasteiger partial charge is 0.497 e. The third-order valence-electron chi connectivity index (χ3n) is 3.87. The van der Waals surface area contributed by atoms with Crippen LogP contribution in [-0.4, -0.2) is 26.7 Å². The van der Waals surface area contributed by atoms with Crippen LogP contribution in [-0.2, 0) is 0 Å². The molecule has 4 heteroatoms. The Hall–Kier alpha value is -1.71. The van der Waals surface area contributed by atoms with Gasteiger partial charge >= 0.3 is 0 Å². The molecule has 0 radical (unpaired) electrons. The van der Waals surface area contributed by atoms with E-state index in [1.54, 1.807) is 7.11 Å². The number of hydrogen-bond acceptors (Lipinski definition) is 3. The number of piperazine rings is 1. The van der Waals surface area contributed by atoms with E-state index in [0.717, 1.165) is 36.1 Å². The molecule has 0 spiro atoms. The summed E-state index contributed by atoms with van der Waals surface area (Å²) in [4.78, 5) is 2.32. The van der Waals surface area contributed by atoms with Gasteiger partial charge in [0.05, 0.1) is 17.8 Å². The Labute approximate surface area is 130 Å². The van der Waals surface area contributed by atoms with E-state index in [1.807, 2.05) is 24.3 Å². The zero-order valence-electron chi connectivity index (χ0n) is 12.1. The fourth-order valence-corrected chi connectivity index (χ4v) is 2.98. The van der Waals surface area contributed by atoms with Gasteiger partial charge in [0.2, 0.25) is 0 Å². The number of halogens is 1. The molecule has 1 heterocycles. The maximum absolute atomic E-state index is 6.36. The Morgan fingerprint density at radius 3 is 2.76 bits per heavy atom. The molecule has 1 saturated heterocycles. The molecule has 1 aliphatic rings. The summed E-state index contributed by atoms with van der Waals surface area (Å²) < 4.78 is 5.31. The minimum Gasteiger partial charge on any atom is -0.497 e. The fraction of sp³-hybridized carbons (Fsp3) is 0.294. The van der Waals surface area contributed by atoms with Crippen molar-refractivity contribution in [2.75, 3.05) is 31.6 Å². The van der Waals surface area contributed by atoms with Crippen molar-refractivity contribution in [2.45, 2.75) is 6.04 Å². The van der Waals surface area contributed by atoms with Crippen molar-refractivity contribution in [1.29, 1.82) is 0 Å². The Bertz CT molecular complexity index is 603. The maximum atomic E-state index is 6.36. The van der Waals surface area contributed by atoms with Crippen LogP contribution in [0, 0.1) is 0 Å². The topological polar surface area (TPSA) is 24.5 Å². The molecule has 0 saturated carbocycles. The molecule has 0 aliphatic carbocycles. The van der Waals surface area contributed by atoms with Gasteiger partial charge in [-0.1, -0.05) is 41.9 Å². The van der Waals surface area contributed by atoms with Gasteiger partial charge in [-0.2, -0.15) is 0 Å². The number of methoxy groups -OCH3 is 1. The van der Waals surface area contributed by atoms with Gasteiger partial charge < -0.3 is 15.0 Å².